The lowest BCUT2D eigenvalue weighted by Gasteiger charge is -2.19. The van der Waals surface area contributed by atoms with Gasteiger partial charge in [0.2, 0.25) is 5.88 Å². The topological polar surface area (TPSA) is 144 Å². The molecule has 1 N–H and O–H groups in total. The number of halogens is 4. The van der Waals surface area contributed by atoms with Crippen LogP contribution in [0.25, 0.3) is 5.82 Å². The van der Waals surface area contributed by atoms with Gasteiger partial charge in [-0.15, -0.1) is 5.10 Å². The van der Waals surface area contributed by atoms with Crippen molar-refractivity contribution in [2.75, 3.05) is 14.2 Å². The van der Waals surface area contributed by atoms with E-state index in [2.05, 4.69) is 10.1 Å². The highest BCUT2D eigenvalue weighted by Gasteiger charge is 2.38. The molecule has 1 amide bonds. The largest absolute Gasteiger partial charge is 0.497 e. The van der Waals surface area contributed by atoms with Crippen LogP contribution in [0.1, 0.15) is 18.3 Å². The van der Waals surface area contributed by atoms with E-state index >= 15 is 0 Å². The fourth-order valence-corrected chi connectivity index (χ4v) is 4.52. The van der Waals surface area contributed by atoms with Gasteiger partial charge in [-0.25, -0.2) is 17.9 Å². The van der Waals surface area contributed by atoms with E-state index in [4.69, 9.17) is 25.8 Å². The maximum absolute atomic E-state index is 13.7. The van der Waals surface area contributed by atoms with E-state index in [1.807, 2.05) is 0 Å². The molecule has 0 spiro atoms. The van der Waals surface area contributed by atoms with Crippen LogP contribution in [0.3, 0.4) is 0 Å². The molecule has 0 saturated heterocycles. The van der Waals surface area contributed by atoms with Crippen molar-refractivity contribution in [3.05, 3.63) is 51.2 Å². The number of nitrogens with zero attached hydrogens (tertiary/aromatic N) is 4. The molecule has 12 nitrogen and oxygen atoms in total. The fourth-order valence-electron chi connectivity index (χ4n) is 3.06. The van der Waals surface area contributed by atoms with E-state index in [-0.39, 0.29) is 17.3 Å². The van der Waals surface area contributed by atoms with Crippen molar-refractivity contribution in [1.29, 1.82) is 0 Å². The van der Waals surface area contributed by atoms with Crippen LogP contribution in [0.4, 0.5) is 13.2 Å². The number of benzene rings is 1. The van der Waals surface area contributed by atoms with Gasteiger partial charge in [0.25, 0.3) is 15.9 Å². The maximum Gasteiger partial charge on any atom is 0.421 e. The number of sulfonamides is 1. The molecule has 0 aliphatic heterocycles. The fraction of sp³-hybridized carbons (Fsp3) is 0.333. The van der Waals surface area contributed by atoms with E-state index < -0.39 is 61.1 Å². The molecular formula is C21H21ClF3N5O7S. The molecular weight excluding hydrogens is 559 g/mol. The molecule has 2 heterocycles. The van der Waals surface area contributed by atoms with Gasteiger partial charge in [0, 0.05) is 13.1 Å². The van der Waals surface area contributed by atoms with Gasteiger partial charge in [0.05, 0.1) is 19.2 Å². The second-order valence-electron chi connectivity index (χ2n) is 7.69. The van der Waals surface area contributed by atoms with Crippen LogP contribution in [0.5, 0.6) is 17.4 Å². The summed E-state index contributed by atoms with van der Waals surface area (Å²) in [4.78, 5) is 28.3. The molecule has 1 atom stereocenters. The van der Waals surface area contributed by atoms with Crippen LogP contribution in [0, 0.1) is 6.92 Å². The third-order valence-electron chi connectivity index (χ3n) is 5.18. The Morgan fingerprint density at radius 1 is 1.18 bits per heavy atom. The molecule has 17 heteroatoms. The Morgan fingerprint density at radius 3 is 2.37 bits per heavy atom. The number of hydrogen-bond donors (Lipinski definition) is 1. The van der Waals surface area contributed by atoms with Crippen molar-refractivity contribution < 1.29 is 40.6 Å². The molecule has 3 aromatic rings. The molecule has 0 saturated carbocycles. The number of nitrogens with one attached hydrogen (secondary N) is 1. The van der Waals surface area contributed by atoms with Gasteiger partial charge in [-0.3, -0.25) is 9.36 Å². The normalized spacial score (nSPS) is 12.7. The third-order valence-corrected chi connectivity index (χ3v) is 6.83. The van der Waals surface area contributed by atoms with Gasteiger partial charge in [-0.2, -0.15) is 22.8 Å². The minimum absolute atomic E-state index is 0.126. The number of carbonyl (C=O) groups excluding carboxylic acids is 1. The quantitative estimate of drug-likeness (QED) is 0.425. The number of pyridine rings is 1. The highest BCUT2D eigenvalue weighted by atomic mass is 35.5. The van der Waals surface area contributed by atoms with Gasteiger partial charge in [0.15, 0.2) is 11.9 Å². The van der Waals surface area contributed by atoms with Crippen molar-refractivity contribution in [1.82, 2.24) is 24.1 Å². The first-order valence-corrected chi connectivity index (χ1v) is 12.3. The first-order valence-electron chi connectivity index (χ1n) is 10.5. The summed E-state index contributed by atoms with van der Waals surface area (Å²) in [6.07, 6.45) is -6.85. The zero-order valence-electron chi connectivity index (χ0n) is 20.5. The predicted octanol–water partition coefficient (Wildman–Crippen LogP) is 2.24. The zero-order valence-corrected chi connectivity index (χ0v) is 22.0. The molecule has 0 aliphatic carbocycles. The van der Waals surface area contributed by atoms with Crippen LogP contribution in [-0.4, -0.2) is 54.0 Å². The number of ether oxygens (including phenoxy) is 3. The molecule has 3 rings (SSSR count). The van der Waals surface area contributed by atoms with Gasteiger partial charge >= 0.3 is 11.9 Å². The molecule has 0 fully saturated rings. The summed E-state index contributed by atoms with van der Waals surface area (Å²) >= 11 is 5.98. The van der Waals surface area contributed by atoms with Crippen LogP contribution in [0.2, 0.25) is 5.02 Å². The lowest BCUT2D eigenvalue weighted by molar-refractivity contribution is -0.141. The SMILES string of the molecule is COc1ccc(OC)c(S(=O)(=O)NC(=O)[C@@H](C)Oc2nc(-n3nc(C)n(C)c3=O)c(Cl)cc2C(F)(F)F)c1. The molecule has 2 aromatic heterocycles. The third kappa shape index (κ3) is 5.70. The summed E-state index contributed by atoms with van der Waals surface area (Å²) in [5.41, 5.74) is -2.23. The number of amides is 1. The Kier molecular flexibility index (Phi) is 7.97. The summed E-state index contributed by atoms with van der Waals surface area (Å²) in [6.45, 7) is 2.47. The maximum atomic E-state index is 13.7. The van der Waals surface area contributed by atoms with Gasteiger partial charge < -0.3 is 14.2 Å². The van der Waals surface area contributed by atoms with E-state index in [1.165, 1.54) is 40.3 Å². The Labute approximate surface area is 218 Å². The summed E-state index contributed by atoms with van der Waals surface area (Å²) in [7, 11) is -0.717. The summed E-state index contributed by atoms with van der Waals surface area (Å²) in [6, 6.07) is 4.25. The smallest absolute Gasteiger partial charge is 0.421 e. The highest BCUT2D eigenvalue weighted by Crippen LogP contribution is 2.38. The number of aryl methyl sites for hydroxylation is 1. The van der Waals surface area contributed by atoms with Crippen LogP contribution in [0.15, 0.2) is 34.0 Å². The van der Waals surface area contributed by atoms with E-state index in [9.17, 15) is 31.2 Å². The number of hydrogen-bond acceptors (Lipinski definition) is 9. The Morgan fingerprint density at radius 2 is 1.84 bits per heavy atom. The summed E-state index contributed by atoms with van der Waals surface area (Å²) < 4.78 is 85.5. The van der Waals surface area contributed by atoms with Crippen molar-refractivity contribution in [3.63, 3.8) is 0 Å². The van der Waals surface area contributed by atoms with Crippen molar-refractivity contribution in [2.45, 2.75) is 31.0 Å². The Balaban J connectivity index is 1.98. The van der Waals surface area contributed by atoms with Gasteiger partial charge in [0.1, 0.15) is 27.8 Å². The summed E-state index contributed by atoms with van der Waals surface area (Å²) in [5.74, 6) is -2.74. The van der Waals surface area contributed by atoms with Gasteiger partial charge in [-0.1, -0.05) is 11.6 Å². The molecule has 1 aromatic carbocycles. The van der Waals surface area contributed by atoms with Crippen LogP contribution < -0.4 is 24.6 Å². The zero-order chi connectivity index (χ0) is 28.6. The minimum Gasteiger partial charge on any atom is -0.497 e. The monoisotopic (exact) mass is 579 g/mol. The second-order valence-corrected chi connectivity index (χ2v) is 9.75. The Hall–Kier alpha value is -3.79. The van der Waals surface area contributed by atoms with Gasteiger partial charge in [-0.05, 0) is 32.0 Å². The van der Waals surface area contributed by atoms with Crippen molar-refractivity contribution in [3.8, 4) is 23.2 Å². The number of alkyl halides is 3. The average molecular weight is 580 g/mol. The highest BCUT2D eigenvalue weighted by molar-refractivity contribution is 7.90. The molecule has 0 radical (unpaired) electrons. The molecule has 0 bridgehead atoms. The average Bonchev–Trinajstić information content (AvgIpc) is 3.10. The molecule has 206 valence electrons. The number of rotatable bonds is 8. The number of aromatic nitrogens is 4. The standard InChI is InChI=1S/C21H21ClF3N5O7S/c1-10(18(31)28-38(33,34)16-8-12(35-4)6-7-15(16)36-5)37-19-13(21(23,24)25)9-14(22)17(26-19)30-20(32)29(3)11(2)27-30/h6-10H,1-5H3,(H,28,31)/t10-/m1/s1. The van der Waals surface area contributed by atoms with Crippen LogP contribution in [-0.2, 0) is 28.0 Å². The lowest BCUT2D eigenvalue weighted by atomic mass is 10.2. The molecule has 38 heavy (non-hydrogen) atoms. The predicted molar refractivity (Wildman–Crippen MR) is 126 cm³/mol. The number of carbonyl (C=O) groups is 1. The van der Waals surface area contributed by atoms with Crippen molar-refractivity contribution in [2.24, 2.45) is 7.05 Å². The first kappa shape index (κ1) is 28.8. The second kappa shape index (κ2) is 10.5. The summed E-state index contributed by atoms with van der Waals surface area (Å²) in [5, 5.41) is 3.33. The van der Waals surface area contributed by atoms with E-state index in [0.29, 0.717) is 10.7 Å². The van der Waals surface area contributed by atoms with Crippen molar-refractivity contribution >= 4 is 27.5 Å². The van der Waals surface area contributed by atoms with E-state index in [0.717, 1.165) is 17.6 Å². The minimum atomic E-state index is -5.04. The lowest BCUT2D eigenvalue weighted by Crippen LogP contribution is -2.40. The molecule has 0 unspecified atom stereocenters. The first-order chi connectivity index (χ1) is 17.6. The number of methoxy groups -OCH3 is 2. The van der Waals surface area contributed by atoms with Crippen LogP contribution >= 0.6 is 11.6 Å². The van der Waals surface area contributed by atoms with E-state index in [1.54, 1.807) is 4.72 Å². The molecule has 0 aliphatic rings. The Bertz CT molecular complexity index is 1550.